The summed E-state index contributed by atoms with van der Waals surface area (Å²) in [5.74, 6) is 3.01. The number of carbonyl (C=O) groups is 8. The maximum Gasteiger partial charge on any atom is 0.252 e. The summed E-state index contributed by atoms with van der Waals surface area (Å²) in [5, 5.41) is 26.7. The number of likely N-dealkylation sites (tertiary alicyclic amines) is 1. The van der Waals surface area contributed by atoms with Gasteiger partial charge in [-0.1, -0.05) is 67.2 Å². The molecule has 6 amide bonds. The summed E-state index contributed by atoms with van der Waals surface area (Å²) in [6.07, 6.45) is 10.6. The number of hydrazone groups is 1. The van der Waals surface area contributed by atoms with Gasteiger partial charge in [0.15, 0.2) is 22.8 Å². The van der Waals surface area contributed by atoms with Gasteiger partial charge in [-0.3, -0.25) is 33.7 Å². The first-order chi connectivity index (χ1) is 38.8. The molecule has 3 heterocycles. The second kappa shape index (κ2) is 41.9. The van der Waals surface area contributed by atoms with E-state index in [-0.39, 0.29) is 102 Å². The van der Waals surface area contributed by atoms with E-state index >= 15 is 0 Å². The SMILES string of the molecule is CC.CCC.CCCC.CNCC(=O)NC(C)C(=O)Nc1ccc(C(=O)NCCCC(C=O)NC(=O)c2ccc(NCc3cnc4nc(N)nc(N)c4n3)c(N)c2)c(/C(N)=N/NN)c1.CO.O=CCCCCCN1C(=O)CC(S)C1=O. The van der Waals surface area contributed by atoms with Crippen molar-refractivity contribution in [3.05, 3.63) is 65.0 Å². The minimum absolute atomic E-state index is 0.00902. The second-order valence-electron chi connectivity index (χ2n) is 17.3. The summed E-state index contributed by atoms with van der Waals surface area (Å²) in [7, 11) is 2.60. The van der Waals surface area contributed by atoms with Crippen LogP contribution >= 0.6 is 12.6 Å². The van der Waals surface area contributed by atoms with Crippen molar-refractivity contribution in [2.45, 2.75) is 137 Å². The first-order valence-electron chi connectivity index (χ1n) is 26.6. The van der Waals surface area contributed by atoms with E-state index in [1.165, 1.54) is 61.5 Å². The number of hydrazine groups is 1. The summed E-state index contributed by atoms with van der Waals surface area (Å²) in [6, 6.07) is 7.27. The van der Waals surface area contributed by atoms with Gasteiger partial charge in [0.1, 0.15) is 18.6 Å². The summed E-state index contributed by atoms with van der Waals surface area (Å²) < 4.78 is 0. The number of thiol groups is 1. The standard InChI is InChI=1S/C33H43N17O5.C10H15NO3S.C4H10.C3H8.C2H6.CH4O/c1-16(43-25(52)14-39-2)30(53)45-18-6-7-21(22(11-18)27(35)49-50-38)32(55)40-9-3-4-19(15-51)46-31(54)17-5-8-24(23(34)10-17)41-12-20-13-42-29-26(44-20)28(36)47-33(37)48-29;12-6-4-2-1-3-5-11-9(13)7-8(15)10(11)14;1-3-4-2;1-3-2;2*1-2/h5-8,10-11,13,15-16,19,39,41,50H,3-4,9,12,14,34,38H2,1-2H3,(H2,35,49)(H,40,55)(H,43,52)(H,45,53)(H,46,54)(H4,36,37,42,47,48);6,8,15H,1-5,7H2;3-4H2,1-2H3;3H2,1-2H3;1-2H3;2H,1H3. The number of nitrogen functional groups attached to an aromatic ring is 3. The summed E-state index contributed by atoms with van der Waals surface area (Å²) in [4.78, 5) is 113. The van der Waals surface area contributed by atoms with Crippen molar-refractivity contribution in [2.75, 3.05) is 61.6 Å². The molecule has 2 aromatic heterocycles. The summed E-state index contributed by atoms with van der Waals surface area (Å²) in [5.41, 5.74) is 28.5. The largest absolute Gasteiger partial charge is 0.400 e. The Hall–Kier alpha value is -8.08. The van der Waals surface area contributed by atoms with Crippen molar-refractivity contribution >= 4 is 106 Å². The number of hydrogen-bond acceptors (Lipinski definition) is 22. The van der Waals surface area contributed by atoms with Gasteiger partial charge in [0, 0.05) is 49.9 Å². The number of amides is 6. The number of amidine groups is 1. The molecule has 0 spiro atoms. The molecule has 27 nitrogen and oxygen atoms in total. The number of hydrogen-bond donors (Lipinski definition) is 14. The van der Waals surface area contributed by atoms with Crippen LogP contribution in [0.1, 0.15) is 145 Å². The zero-order chi connectivity index (χ0) is 61.5. The molecule has 3 unspecified atom stereocenters. The Bertz CT molecular complexity index is 2640. The molecule has 0 bridgehead atoms. The first kappa shape index (κ1) is 72.9. The van der Waals surface area contributed by atoms with Crippen LogP contribution in [0.2, 0.25) is 0 Å². The van der Waals surface area contributed by atoms with Crippen molar-refractivity contribution < 1.29 is 43.5 Å². The molecule has 1 saturated heterocycles. The van der Waals surface area contributed by atoms with E-state index in [9.17, 15) is 38.4 Å². The number of fused-ring (bicyclic) bond motifs is 1. The lowest BCUT2D eigenvalue weighted by atomic mass is 10.0. The number of benzene rings is 2. The number of nitrogens with one attached hydrogen (secondary N) is 7. The minimum Gasteiger partial charge on any atom is -0.400 e. The van der Waals surface area contributed by atoms with Crippen molar-refractivity contribution in [1.29, 1.82) is 0 Å². The Labute approximate surface area is 479 Å². The third-order valence-electron chi connectivity index (χ3n) is 10.8. The fourth-order valence-corrected chi connectivity index (χ4v) is 6.97. The lowest BCUT2D eigenvalue weighted by Crippen LogP contribution is -2.44. The highest BCUT2D eigenvalue weighted by atomic mass is 32.1. The van der Waals surface area contributed by atoms with Crippen LogP contribution in [0.15, 0.2) is 47.7 Å². The second-order valence-corrected chi connectivity index (χ2v) is 17.9. The van der Waals surface area contributed by atoms with Gasteiger partial charge < -0.3 is 69.5 Å². The zero-order valence-corrected chi connectivity index (χ0v) is 49.0. The Morgan fingerprint density at radius 1 is 0.901 bits per heavy atom. The van der Waals surface area contributed by atoms with Crippen molar-refractivity contribution in [2.24, 2.45) is 16.7 Å². The molecule has 0 saturated carbocycles. The number of nitrogens with zero attached hydrogens (tertiary/aromatic N) is 6. The monoisotopic (exact) mass is 1150 g/mol. The van der Waals surface area contributed by atoms with Crippen LogP contribution in [0.3, 0.4) is 0 Å². The molecule has 0 radical (unpaired) electrons. The van der Waals surface area contributed by atoms with E-state index < -0.39 is 35.1 Å². The van der Waals surface area contributed by atoms with Gasteiger partial charge in [-0.25, -0.2) is 21.3 Å². The molecule has 28 heteroatoms. The number of aldehydes is 2. The van der Waals surface area contributed by atoms with E-state index in [4.69, 9.17) is 33.9 Å². The van der Waals surface area contributed by atoms with Crippen molar-refractivity contribution in [3.8, 4) is 0 Å². The average molecular weight is 1150 g/mol. The van der Waals surface area contributed by atoms with Gasteiger partial charge >= 0.3 is 0 Å². The lowest BCUT2D eigenvalue weighted by molar-refractivity contribution is -0.138. The third kappa shape index (κ3) is 26.6. The number of nitrogens with two attached hydrogens (primary N) is 5. The van der Waals surface area contributed by atoms with E-state index in [1.54, 1.807) is 19.2 Å². The summed E-state index contributed by atoms with van der Waals surface area (Å²) >= 11 is 4.03. The molecule has 0 aliphatic carbocycles. The Kier molecular flexibility index (Phi) is 37.7. The predicted octanol–water partition coefficient (Wildman–Crippen LogP) is 2.69. The topological polar surface area (TPSA) is 438 Å². The quantitative estimate of drug-likeness (QED) is 0.00522. The molecule has 2 aromatic carbocycles. The highest BCUT2D eigenvalue weighted by Gasteiger charge is 2.35. The number of anilines is 5. The number of carbonyl (C=O) groups excluding carboxylic acids is 8. The van der Waals surface area contributed by atoms with Gasteiger partial charge in [-0.2, -0.15) is 22.6 Å². The van der Waals surface area contributed by atoms with Gasteiger partial charge in [-0.05, 0) is 76.1 Å². The highest BCUT2D eigenvalue weighted by molar-refractivity contribution is 7.81. The highest BCUT2D eigenvalue weighted by Crippen LogP contribution is 2.23. The zero-order valence-electron chi connectivity index (χ0n) is 48.1. The van der Waals surface area contributed by atoms with Gasteiger partial charge in [0.25, 0.3) is 11.8 Å². The molecule has 3 atom stereocenters. The maximum absolute atomic E-state index is 13.1. The van der Waals surface area contributed by atoms with E-state index in [2.05, 4.69) is 103 Å². The molecule has 4 aromatic rings. The fraction of sp³-hybridized carbons (Fsp3) is 0.491. The van der Waals surface area contributed by atoms with E-state index in [0.717, 1.165) is 32.7 Å². The molecule has 1 aliphatic heterocycles. The normalized spacial score (nSPS) is 13.0. The Morgan fingerprint density at radius 2 is 1.58 bits per heavy atom. The molecule has 18 N–H and O–H groups in total. The van der Waals surface area contributed by atoms with Crippen LogP contribution in [0.25, 0.3) is 11.2 Å². The van der Waals surface area contributed by atoms with Gasteiger partial charge in [0.05, 0.1) is 53.2 Å². The molecule has 1 aliphatic rings. The smallest absolute Gasteiger partial charge is 0.252 e. The summed E-state index contributed by atoms with van der Waals surface area (Å²) in [6.45, 7) is 15.0. The van der Waals surface area contributed by atoms with Crippen LogP contribution in [0, 0.1) is 0 Å². The maximum atomic E-state index is 13.1. The van der Waals surface area contributed by atoms with E-state index in [1.807, 2.05) is 13.8 Å². The van der Waals surface area contributed by atoms with Crippen LogP contribution in [-0.4, -0.2) is 135 Å². The average Bonchev–Trinajstić information content (AvgIpc) is 3.72. The molecular weight excluding hydrogens is 1060 g/mol. The fourth-order valence-electron chi connectivity index (χ4n) is 6.67. The van der Waals surface area contributed by atoms with Crippen molar-refractivity contribution in [3.63, 3.8) is 0 Å². The van der Waals surface area contributed by atoms with Gasteiger partial charge in [0.2, 0.25) is 29.6 Å². The number of aliphatic hydroxyl groups excluding tert-OH is 1. The lowest BCUT2D eigenvalue weighted by Gasteiger charge is -2.16. The van der Waals surface area contributed by atoms with Crippen LogP contribution in [0.5, 0.6) is 0 Å². The molecule has 81 heavy (non-hydrogen) atoms. The molecule has 5 rings (SSSR count). The third-order valence-corrected chi connectivity index (χ3v) is 11.2. The Balaban J connectivity index is 0.00000204. The number of imide groups is 1. The number of aromatic nitrogens is 4. The number of aliphatic hydroxyl groups is 1. The molecular formula is C53H86N18O9S. The van der Waals surface area contributed by atoms with Gasteiger partial charge in [-0.15, -0.1) is 5.10 Å². The van der Waals surface area contributed by atoms with E-state index in [0.29, 0.717) is 42.6 Å². The van der Waals surface area contributed by atoms with Crippen LogP contribution < -0.4 is 66.2 Å². The van der Waals surface area contributed by atoms with Crippen LogP contribution in [-0.2, 0) is 35.3 Å². The van der Waals surface area contributed by atoms with Crippen LogP contribution in [0.4, 0.5) is 28.8 Å². The Morgan fingerprint density at radius 3 is 2.16 bits per heavy atom. The predicted molar refractivity (Wildman–Crippen MR) is 320 cm³/mol. The van der Waals surface area contributed by atoms with Crippen molar-refractivity contribution in [1.82, 2.24) is 51.6 Å². The number of rotatable bonds is 25. The first-order valence-corrected chi connectivity index (χ1v) is 27.2. The molecule has 448 valence electrons. The number of likely N-dealkylation sites (N-methyl/N-ethyl adjacent to an activating group) is 1. The molecule has 1 fully saturated rings. The minimum atomic E-state index is -0.857. The number of unbranched alkanes of at least 4 members (excludes halogenated alkanes) is 4.